The standard InChI is InChI=1S/C19H24N4O2S2/c1-12-20-18(17-14-5-3-4-6-15(14)27-19(17)21-12)26-11-16(25)23-9-7-22(8-10-23)13(2)24/h3-11H2,1-2H3. The minimum Gasteiger partial charge on any atom is -0.339 e. The van der Waals surface area contributed by atoms with Crippen LogP contribution in [0.2, 0.25) is 0 Å². The molecule has 1 saturated heterocycles. The fourth-order valence-corrected chi connectivity index (χ4v) is 6.20. The number of fused-ring (bicyclic) bond motifs is 3. The van der Waals surface area contributed by atoms with Gasteiger partial charge < -0.3 is 9.80 Å². The van der Waals surface area contributed by atoms with Crippen LogP contribution in [0.15, 0.2) is 5.03 Å². The van der Waals surface area contributed by atoms with Crippen molar-refractivity contribution in [2.75, 3.05) is 31.9 Å². The van der Waals surface area contributed by atoms with Gasteiger partial charge in [0.15, 0.2) is 0 Å². The Bertz CT molecular complexity index is 887. The zero-order valence-corrected chi connectivity index (χ0v) is 17.4. The SMILES string of the molecule is CC(=O)N1CCN(C(=O)CSc2nc(C)nc3sc4c(c23)CCCC4)CC1. The number of aromatic nitrogens is 2. The molecule has 6 nitrogen and oxygen atoms in total. The third-order valence-corrected chi connectivity index (χ3v) is 7.45. The number of hydrogen-bond donors (Lipinski definition) is 0. The molecule has 1 aliphatic heterocycles. The van der Waals surface area contributed by atoms with Gasteiger partial charge in [-0.3, -0.25) is 9.59 Å². The number of piperazine rings is 1. The summed E-state index contributed by atoms with van der Waals surface area (Å²) in [6.07, 6.45) is 4.70. The molecule has 0 spiro atoms. The molecule has 1 fully saturated rings. The summed E-state index contributed by atoms with van der Waals surface area (Å²) >= 11 is 3.33. The Morgan fingerprint density at radius 3 is 2.52 bits per heavy atom. The fourth-order valence-electron chi connectivity index (χ4n) is 3.82. The maximum Gasteiger partial charge on any atom is 0.233 e. The first-order valence-electron chi connectivity index (χ1n) is 9.48. The summed E-state index contributed by atoms with van der Waals surface area (Å²) in [5.74, 6) is 1.36. The molecule has 144 valence electrons. The van der Waals surface area contributed by atoms with E-state index in [1.54, 1.807) is 23.2 Å². The predicted molar refractivity (Wildman–Crippen MR) is 108 cm³/mol. The zero-order chi connectivity index (χ0) is 19.0. The molecule has 8 heteroatoms. The number of amides is 2. The van der Waals surface area contributed by atoms with Gasteiger partial charge in [-0.25, -0.2) is 9.97 Å². The topological polar surface area (TPSA) is 66.4 Å². The molecule has 0 saturated carbocycles. The average molecular weight is 405 g/mol. The first-order chi connectivity index (χ1) is 13.0. The summed E-state index contributed by atoms with van der Waals surface area (Å²) in [4.78, 5) is 39.6. The van der Waals surface area contributed by atoms with E-state index in [1.807, 2.05) is 11.8 Å². The summed E-state index contributed by atoms with van der Waals surface area (Å²) in [7, 11) is 0. The third kappa shape index (κ3) is 3.82. The lowest BCUT2D eigenvalue weighted by Crippen LogP contribution is -2.50. The average Bonchev–Trinajstić information content (AvgIpc) is 3.04. The summed E-state index contributed by atoms with van der Waals surface area (Å²) in [5.41, 5.74) is 1.41. The van der Waals surface area contributed by atoms with Crippen LogP contribution in [0.4, 0.5) is 0 Å². The summed E-state index contributed by atoms with van der Waals surface area (Å²) in [6, 6.07) is 0. The molecule has 0 atom stereocenters. The van der Waals surface area contributed by atoms with Crippen LogP contribution in [0.1, 0.15) is 36.0 Å². The van der Waals surface area contributed by atoms with Crippen LogP contribution in [0.5, 0.6) is 0 Å². The monoisotopic (exact) mass is 404 g/mol. The smallest absolute Gasteiger partial charge is 0.233 e. The highest BCUT2D eigenvalue weighted by molar-refractivity contribution is 8.00. The van der Waals surface area contributed by atoms with Crippen molar-refractivity contribution in [2.45, 2.75) is 44.6 Å². The van der Waals surface area contributed by atoms with E-state index in [2.05, 4.69) is 9.97 Å². The van der Waals surface area contributed by atoms with Crippen molar-refractivity contribution in [3.8, 4) is 0 Å². The minimum absolute atomic E-state index is 0.0811. The number of carbonyl (C=O) groups is 2. The van der Waals surface area contributed by atoms with Crippen LogP contribution in [0.3, 0.4) is 0 Å². The highest BCUT2D eigenvalue weighted by atomic mass is 32.2. The second-order valence-corrected chi connectivity index (χ2v) is 9.19. The Kier molecular flexibility index (Phi) is 5.36. The Labute approximate surface area is 167 Å². The fraction of sp³-hybridized carbons (Fsp3) is 0.579. The molecule has 2 aromatic heterocycles. The molecule has 1 aliphatic carbocycles. The zero-order valence-electron chi connectivity index (χ0n) is 15.8. The van der Waals surface area contributed by atoms with Crippen LogP contribution < -0.4 is 0 Å². The molecule has 3 heterocycles. The summed E-state index contributed by atoms with van der Waals surface area (Å²) in [6.45, 7) is 5.99. The first-order valence-corrected chi connectivity index (χ1v) is 11.3. The first kappa shape index (κ1) is 18.7. The largest absolute Gasteiger partial charge is 0.339 e. The van der Waals surface area contributed by atoms with E-state index >= 15 is 0 Å². The van der Waals surface area contributed by atoms with Gasteiger partial charge in [-0.05, 0) is 38.2 Å². The number of aryl methyl sites for hydroxylation is 3. The second kappa shape index (κ2) is 7.75. The number of carbonyl (C=O) groups excluding carboxylic acids is 2. The molecule has 2 amide bonds. The van der Waals surface area contributed by atoms with E-state index in [4.69, 9.17) is 0 Å². The third-order valence-electron chi connectivity index (χ3n) is 5.30. The van der Waals surface area contributed by atoms with Crippen LogP contribution >= 0.6 is 23.1 Å². The number of thiophene rings is 1. The van der Waals surface area contributed by atoms with Crippen molar-refractivity contribution in [2.24, 2.45) is 0 Å². The van der Waals surface area contributed by atoms with E-state index in [0.29, 0.717) is 31.9 Å². The maximum atomic E-state index is 12.7. The number of hydrogen-bond acceptors (Lipinski definition) is 6. The van der Waals surface area contributed by atoms with E-state index in [9.17, 15) is 9.59 Å². The highest BCUT2D eigenvalue weighted by Gasteiger charge is 2.24. The lowest BCUT2D eigenvalue weighted by atomic mass is 9.97. The van der Waals surface area contributed by atoms with Gasteiger partial charge in [-0.1, -0.05) is 11.8 Å². The van der Waals surface area contributed by atoms with Crippen molar-refractivity contribution in [1.82, 2.24) is 19.8 Å². The molecule has 0 bridgehead atoms. The Hall–Kier alpha value is -1.67. The summed E-state index contributed by atoms with van der Waals surface area (Å²) in [5, 5.41) is 2.13. The van der Waals surface area contributed by atoms with Gasteiger partial charge in [-0.2, -0.15) is 0 Å². The Balaban J connectivity index is 1.48. The molecular weight excluding hydrogens is 380 g/mol. The summed E-state index contributed by atoms with van der Waals surface area (Å²) < 4.78 is 0. The number of rotatable bonds is 3. The van der Waals surface area contributed by atoms with Crippen molar-refractivity contribution in [1.29, 1.82) is 0 Å². The van der Waals surface area contributed by atoms with Gasteiger partial charge in [0.2, 0.25) is 11.8 Å². The maximum absolute atomic E-state index is 12.7. The molecule has 2 aliphatic rings. The van der Waals surface area contributed by atoms with Gasteiger partial charge in [0.05, 0.1) is 5.75 Å². The van der Waals surface area contributed by atoms with E-state index in [-0.39, 0.29) is 11.8 Å². The van der Waals surface area contributed by atoms with Gasteiger partial charge in [0, 0.05) is 43.4 Å². The van der Waals surface area contributed by atoms with Gasteiger partial charge >= 0.3 is 0 Å². The van der Waals surface area contributed by atoms with E-state index in [0.717, 1.165) is 28.5 Å². The molecular formula is C19H24N4O2S2. The van der Waals surface area contributed by atoms with Gasteiger partial charge in [0.25, 0.3) is 0 Å². The molecule has 0 aromatic carbocycles. The molecule has 0 radical (unpaired) electrons. The van der Waals surface area contributed by atoms with Crippen LogP contribution in [-0.2, 0) is 22.4 Å². The van der Waals surface area contributed by atoms with Crippen molar-refractivity contribution >= 4 is 45.1 Å². The van der Waals surface area contributed by atoms with Crippen molar-refractivity contribution in [3.05, 3.63) is 16.3 Å². The quantitative estimate of drug-likeness (QED) is 0.581. The molecule has 0 unspecified atom stereocenters. The predicted octanol–water partition coefficient (Wildman–Crippen LogP) is 2.66. The lowest BCUT2D eigenvalue weighted by Gasteiger charge is -2.34. The van der Waals surface area contributed by atoms with Crippen molar-refractivity contribution in [3.63, 3.8) is 0 Å². The minimum atomic E-state index is 0.0811. The van der Waals surface area contributed by atoms with Gasteiger partial charge in [0.1, 0.15) is 15.7 Å². The Morgan fingerprint density at radius 2 is 1.78 bits per heavy atom. The van der Waals surface area contributed by atoms with E-state index < -0.39 is 0 Å². The van der Waals surface area contributed by atoms with Crippen LogP contribution in [-0.4, -0.2) is 63.5 Å². The van der Waals surface area contributed by atoms with E-state index in [1.165, 1.54) is 40.4 Å². The van der Waals surface area contributed by atoms with Crippen molar-refractivity contribution < 1.29 is 9.59 Å². The highest BCUT2D eigenvalue weighted by Crippen LogP contribution is 2.39. The molecule has 0 N–H and O–H groups in total. The number of nitrogens with zero attached hydrogens (tertiary/aromatic N) is 4. The normalized spacial score (nSPS) is 17.3. The Morgan fingerprint density at radius 1 is 1.07 bits per heavy atom. The number of thioether (sulfide) groups is 1. The molecule has 4 rings (SSSR count). The van der Waals surface area contributed by atoms with Crippen LogP contribution in [0, 0.1) is 6.92 Å². The lowest BCUT2D eigenvalue weighted by molar-refractivity contribution is -0.136. The molecule has 2 aromatic rings. The van der Waals surface area contributed by atoms with Crippen LogP contribution in [0.25, 0.3) is 10.2 Å². The van der Waals surface area contributed by atoms with Gasteiger partial charge in [-0.15, -0.1) is 11.3 Å². The molecule has 27 heavy (non-hydrogen) atoms. The second-order valence-electron chi connectivity index (χ2n) is 7.14.